The fraction of sp³-hybridized carbons (Fsp3) is 0.538. The topological polar surface area (TPSA) is 0 Å². The lowest BCUT2D eigenvalue weighted by Crippen LogP contribution is -2.31. The van der Waals surface area contributed by atoms with Crippen molar-refractivity contribution >= 4 is 15.9 Å². The Morgan fingerprint density at radius 2 is 1.73 bits per heavy atom. The van der Waals surface area contributed by atoms with Crippen LogP contribution in [0.15, 0.2) is 28.7 Å². The van der Waals surface area contributed by atoms with Crippen LogP contribution < -0.4 is 0 Å². The fourth-order valence-electron chi connectivity index (χ4n) is 2.70. The van der Waals surface area contributed by atoms with Gasteiger partial charge in [-0.25, -0.2) is 4.39 Å². The smallest absolute Gasteiger partial charge is 0.107 e. The maximum atomic E-state index is 13.8. The molecule has 0 heterocycles. The third kappa shape index (κ3) is 1.96. The highest BCUT2D eigenvalue weighted by molar-refractivity contribution is 9.10. The van der Waals surface area contributed by atoms with E-state index in [2.05, 4.69) is 28.1 Å². The Balaban J connectivity index is 2.36. The molecule has 0 nitrogen and oxygen atoms in total. The molecule has 1 saturated carbocycles. The molecule has 0 saturated heterocycles. The number of halogens is 2. The van der Waals surface area contributed by atoms with E-state index in [-0.39, 0.29) is 5.41 Å². The molecule has 1 unspecified atom stereocenters. The SMILES string of the molecule is CC(F)C1(c2ccc(Br)cc2)CCCC1. The second-order valence-electron chi connectivity index (χ2n) is 4.49. The summed E-state index contributed by atoms with van der Waals surface area (Å²) in [6, 6.07) is 8.15. The normalized spacial score (nSPS) is 21.5. The highest BCUT2D eigenvalue weighted by Crippen LogP contribution is 2.45. The summed E-state index contributed by atoms with van der Waals surface area (Å²) in [6.07, 6.45) is 3.55. The minimum Gasteiger partial charge on any atom is -0.247 e. The van der Waals surface area contributed by atoms with Crippen molar-refractivity contribution in [3.8, 4) is 0 Å². The molecule has 1 aromatic rings. The molecular weight excluding hydrogens is 255 g/mol. The molecular formula is C13H16BrF. The fourth-order valence-corrected chi connectivity index (χ4v) is 2.97. The molecule has 0 amide bonds. The number of hydrogen-bond acceptors (Lipinski definition) is 0. The van der Waals surface area contributed by atoms with Gasteiger partial charge >= 0.3 is 0 Å². The predicted octanol–water partition coefficient (Wildman–Crippen LogP) is 4.62. The monoisotopic (exact) mass is 270 g/mol. The maximum absolute atomic E-state index is 13.8. The van der Waals surface area contributed by atoms with E-state index in [1.807, 2.05) is 12.1 Å². The molecule has 0 aromatic heterocycles. The predicted molar refractivity (Wildman–Crippen MR) is 64.9 cm³/mol. The molecule has 0 spiro atoms. The zero-order chi connectivity index (χ0) is 10.9. The van der Waals surface area contributed by atoms with Gasteiger partial charge in [-0.05, 0) is 37.5 Å². The van der Waals surface area contributed by atoms with Crippen LogP contribution in [0.4, 0.5) is 4.39 Å². The zero-order valence-electron chi connectivity index (χ0n) is 8.97. The lowest BCUT2D eigenvalue weighted by atomic mass is 9.75. The second-order valence-corrected chi connectivity index (χ2v) is 5.40. The molecule has 2 rings (SSSR count). The van der Waals surface area contributed by atoms with Gasteiger partial charge in [-0.1, -0.05) is 40.9 Å². The Bertz CT molecular complexity index is 323. The van der Waals surface area contributed by atoms with Crippen LogP contribution in [0.3, 0.4) is 0 Å². The molecule has 1 aromatic carbocycles. The van der Waals surface area contributed by atoms with E-state index in [0.29, 0.717) is 0 Å². The van der Waals surface area contributed by atoms with E-state index >= 15 is 0 Å². The van der Waals surface area contributed by atoms with E-state index < -0.39 is 6.17 Å². The molecule has 1 fully saturated rings. The van der Waals surface area contributed by atoms with Crippen LogP contribution in [0, 0.1) is 0 Å². The van der Waals surface area contributed by atoms with E-state index in [1.165, 1.54) is 5.56 Å². The van der Waals surface area contributed by atoms with Gasteiger partial charge in [0.05, 0.1) is 0 Å². The summed E-state index contributed by atoms with van der Waals surface area (Å²) in [7, 11) is 0. The summed E-state index contributed by atoms with van der Waals surface area (Å²) in [5.74, 6) is 0. The lowest BCUT2D eigenvalue weighted by Gasteiger charge is -2.31. The summed E-state index contributed by atoms with van der Waals surface area (Å²) in [5.41, 5.74) is 0.957. The third-order valence-corrected chi connectivity index (χ3v) is 4.21. The highest BCUT2D eigenvalue weighted by Gasteiger charge is 2.40. The Labute approximate surface area is 99.0 Å². The van der Waals surface area contributed by atoms with Crippen LogP contribution in [0.1, 0.15) is 38.2 Å². The van der Waals surface area contributed by atoms with Gasteiger partial charge in [0.1, 0.15) is 6.17 Å². The van der Waals surface area contributed by atoms with Gasteiger partial charge in [0.2, 0.25) is 0 Å². The van der Waals surface area contributed by atoms with Crippen molar-refractivity contribution in [2.75, 3.05) is 0 Å². The van der Waals surface area contributed by atoms with E-state index in [0.717, 1.165) is 30.2 Å². The largest absolute Gasteiger partial charge is 0.247 e. The number of rotatable bonds is 2. The van der Waals surface area contributed by atoms with Crippen molar-refractivity contribution in [2.24, 2.45) is 0 Å². The Kier molecular flexibility index (Phi) is 3.15. The first kappa shape index (κ1) is 11.1. The van der Waals surface area contributed by atoms with Crippen molar-refractivity contribution in [3.05, 3.63) is 34.3 Å². The van der Waals surface area contributed by atoms with Crippen LogP contribution in [0.25, 0.3) is 0 Å². The molecule has 82 valence electrons. The average Bonchev–Trinajstić information content (AvgIpc) is 2.69. The van der Waals surface area contributed by atoms with Gasteiger partial charge in [-0.3, -0.25) is 0 Å². The Morgan fingerprint density at radius 1 is 1.20 bits per heavy atom. The number of alkyl halides is 1. The number of hydrogen-bond donors (Lipinski definition) is 0. The molecule has 0 radical (unpaired) electrons. The Hall–Kier alpha value is -0.370. The third-order valence-electron chi connectivity index (χ3n) is 3.68. The summed E-state index contributed by atoms with van der Waals surface area (Å²) in [6.45, 7) is 1.70. The Morgan fingerprint density at radius 3 is 2.20 bits per heavy atom. The quantitative estimate of drug-likeness (QED) is 0.736. The molecule has 1 aliphatic carbocycles. The van der Waals surface area contributed by atoms with Gasteiger partial charge < -0.3 is 0 Å². The second kappa shape index (κ2) is 4.25. The van der Waals surface area contributed by atoms with Crippen LogP contribution in [0.5, 0.6) is 0 Å². The van der Waals surface area contributed by atoms with Crippen molar-refractivity contribution in [1.29, 1.82) is 0 Å². The molecule has 2 heteroatoms. The first-order valence-electron chi connectivity index (χ1n) is 5.55. The van der Waals surface area contributed by atoms with Crippen molar-refractivity contribution in [1.82, 2.24) is 0 Å². The van der Waals surface area contributed by atoms with Crippen LogP contribution >= 0.6 is 15.9 Å². The van der Waals surface area contributed by atoms with Crippen LogP contribution in [-0.4, -0.2) is 6.17 Å². The summed E-state index contributed by atoms with van der Waals surface area (Å²) in [5, 5.41) is 0. The summed E-state index contributed by atoms with van der Waals surface area (Å²) >= 11 is 3.41. The van der Waals surface area contributed by atoms with Gasteiger partial charge in [-0.15, -0.1) is 0 Å². The molecule has 0 bridgehead atoms. The first-order chi connectivity index (χ1) is 7.15. The van der Waals surface area contributed by atoms with Gasteiger partial charge in [-0.2, -0.15) is 0 Å². The summed E-state index contributed by atoms with van der Waals surface area (Å²) in [4.78, 5) is 0. The van der Waals surface area contributed by atoms with Gasteiger partial charge in [0.25, 0.3) is 0 Å². The minimum atomic E-state index is -0.749. The lowest BCUT2D eigenvalue weighted by molar-refractivity contribution is 0.206. The average molecular weight is 271 g/mol. The maximum Gasteiger partial charge on any atom is 0.107 e. The molecule has 15 heavy (non-hydrogen) atoms. The highest BCUT2D eigenvalue weighted by atomic mass is 79.9. The first-order valence-corrected chi connectivity index (χ1v) is 6.34. The molecule has 1 aliphatic rings. The minimum absolute atomic E-state index is 0.208. The van der Waals surface area contributed by atoms with Crippen LogP contribution in [0.2, 0.25) is 0 Å². The number of benzene rings is 1. The zero-order valence-corrected chi connectivity index (χ0v) is 10.6. The van der Waals surface area contributed by atoms with Gasteiger partial charge in [0.15, 0.2) is 0 Å². The van der Waals surface area contributed by atoms with Crippen LogP contribution in [-0.2, 0) is 5.41 Å². The summed E-state index contributed by atoms with van der Waals surface area (Å²) < 4.78 is 14.9. The standard InChI is InChI=1S/C13H16BrF/c1-10(15)13(8-2-3-9-13)11-4-6-12(14)7-5-11/h4-7,10H,2-3,8-9H2,1H3. The van der Waals surface area contributed by atoms with E-state index in [1.54, 1.807) is 6.92 Å². The van der Waals surface area contributed by atoms with Crippen molar-refractivity contribution < 1.29 is 4.39 Å². The molecule has 0 N–H and O–H groups in total. The van der Waals surface area contributed by atoms with E-state index in [4.69, 9.17) is 0 Å². The van der Waals surface area contributed by atoms with E-state index in [9.17, 15) is 4.39 Å². The molecule has 1 atom stereocenters. The van der Waals surface area contributed by atoms with Crippen molar-refractivity contribution in [3.63, 3.8) is 0 Å². The van der Waals surface area contributed by atoms with Gasteiger partial charge in [0, 0.05) is 9.89 Å². The molecule has 0 aliphatic heterocycles. The van der Waals surface area contributed by atoms with Crippen molar-refractivity contribution in [2.45, 2.75) is 44.2 Å².